The van der Waals surface area contributed by atoms with Crippen molar-refractivity contribution in [2.24, 2.45) is 4.99 Å². The average molecular weight is 237 g/mol. The second kappa shape index (κ2) is 4.21. The lowest BCUT2D eigenvalue weighted by Gasteiger charge is -2.28. The monoisotopic (exact) mass is 236 g/mol. The minimum atomic E-state index is 0. The summed E-state index contributed by atoms with van der Waals surface area (Å²) in [5.41, 5.74) is 6.80. The first kappa shape index (κ1) is 13.2. The molecule has 0 aromatic heterocycles. The fraction of sp³-hybridized carbons (Fsp3) is 0.500. The zero-order valence-corrected chi connectivity index (χ0v) is 11.4. The normalized spacial score (nSPS) is 17.2. The third kappa shape index (κ3) is 2.30. The van der Waals surface area contributed by atoms with Crippen LogP contribution in [0.2, 0.25) is 0 Å². The predicted molar refractivity (Wildman–Crippen MR) is 65.9 cm³/mol. The maximum absolute atomic E-state index is 4.74. The molecular weight excluding hydrogens is 218 g/mol. The highest BCUT2D eigenvalue weighted by Gasteiger charge is 2.25. The molecule has 88 valence electrons. The van der Waals surface area contributed by atoms with Crippen LogP contribution in [0.1, 0.15) is 43.0 Å². The van der Waals surface area contributed by atoms with E-state index in [2.05, 4.69) is 46.8 Å². The van der Waals surface area contributed by atoms with Gasteiger partial charge in [-0.2, -0.15) is 0 Å². The maximum atomic E-state index is 4.74. The van der Waals surface area contributed by atoms with Crippen molar-refractivity contribution in [1.82, 2.24) is 0 Å². The number of aryl methyl sites for hydroxylation is 2. The molecule has 1 aliphatic rings. The molecular formula is C14H19ClN-. The Balaban J connectivity index is 0.00000128. The SMILES string of the molecule is CC1=NC(C)(C)Cc2cc(C)c(C)cc21.[Cl-]. The van der Waals surface area contributed by atoms with Crippen LogP contribution in [0.3, 0.4) is 0 Å². The molecule has 1 heterocycles. The van der Waals surface area contributed by atoms with Crippen molar-refractivity contribution < 1.29 is 12.4 Å². The zero-order valence-electron chi connectivity index (χ0n) is 10.7. The number of nitrogens with zero attached hydrogens (tertiary/aromatic N) is 1. The predicted octanol–water partition coefficient (Wildman–Crippen LogP) is 0.451. The largest absolute Gasteiger partial charge is 1.00 e. The van der Waals surface area contributed by atoms with Gasteiger partial charge < -0.3 is 12.4 Å². The van der Waals surface area contributed by atoms with E-state index in [1.54, 1.807) is 0 Å². The van der Waals surface area contributed by atoms with Crippen molar-refractivity contribution in [2.45, 2.75) is 46.6 Å². The van der Waals surface area contributed by atoms with E-state index in [-0.39, 0.29) is 17.9 Å². The quantitative estimate of drug-likeness (QED) is 0.621. The van der Waals surface area contributed by atoms with Crippen LogP contribution in [0.4, 0.5) is 0 Å². The van der Waals surface area contributed by atoms with E-state index in [4.69, 9.17) is 4.99 Å². The summed E-state index contributed by atoms with van der Waals surface area (Å²) < 4.78 is 0. The Bertz CT molecular complexity index is 444. The van der Waals surface area contributed by atoms with Crippen LogP contribution in [0, 0.1) is 13.8 Å². The summed E-state index contributed by atoms with van der Waals surface area (Å²) >= 11 is 0. The highest BCUT2D eigenvalue weighted by molar-refractivity contribution is 6.01. The molecule has 0 atom stereocenters. The van der Waals surface area contributed by atoms with Gasteiger partial charge in [0.1, 0.15) is 0 Å². The van der Waals surface area contributed by atoms with Gasteiger partial charge in [0, 0.05) is 5.71 Å². The summed E-state index contributed by atoms with van der Waals surface area (Å²) in [7, 11) is 0. The standard InChI is InChI=1S/C14H19N.ClH/c1-9-6-12-8-14(4,5)15-11(3)13(12)7-10(9)2;/h6-7H,8H2,1-5H3;1H/p-1. The molecule has 0 unspecified atom stereocenters. The van der Waals surface area contributed by atoms with E-state index in [1.165, 1.54) is 28.0 Å². The van der Waals surface area contributed by atoms with E-state index in [9.17, 15) is 0 Å². The summed E-state index contributed by atoms with van der Waals surface area (Å²) in [5, 5.41) is 0. The first-order chi connectivity index (χ1) is 6.89. The molecule has 0 fully saturated rings. The summed E-state index contributed by atoms with van der Waals surface area (Å²) in [4.78, 5) is 4.74. The lowest BCUT2D eigenvalue weighted by molar-refractivity contribution is -0.00000399. The highest BCUT2D eigenvalue weighted by Crippen LogP contribution is 2.28. The first-order valence-electron chi connectivity index (χ1n) is 5.56. The van der Waals surface area contributed by atoms with Crippen LogP contribution in [0.5, 0.6) is 0 Å². The van der Waals surface area contributed by atoms with Gasteiger partial charge in [0.25, 0.3) is 0 Å². The summed E-state index contributed by atoms with van der Waals surface area (Å²) in [6.07, 6.45) is 1.06. The number of fused-ring (bicyclic) bond motifs is 1. The van der Waals surface area contributed by atoms with Gasteiger partial charge >= 0.3 is 0 Å². The summed E-state index contributed by atoms with van der Waals surface area (Å²) in [5.74, 6) is 0. The maximum Gasteiger partial charge on any atom is 0.0595 e. The van der Waals surface area contributed by atoms with E-state index in [0.717, 1.165) is 6.42 Å². The average Bonchev–Trinajstić information content (AvgIpc) is 2.07. The van der Waals surface area contributed by atoms with Crippen molar-refractivity contribution in [2.75, 3.05) is 0 Å². The number of benzene rings is 1. The molecule has 16 heavy (non-hydrogen) atoms. The Morgan fingerprint density at radius 1 is 1.06 bits per heavy atom. The lowest BCUT2D eigenvalue weighted by Crippen LogP contribution is -3.00. The van der Waals surface area contributed by atoms with Crippen molar-refractivity contribution in [3.8, 4) is 0 Å². The van der Waals surface area contributed by atoms with E-state index < -0.39 is 0 Å². The number of halogens is 1. The molecule has 1 aromatic carbocycles. The number of rotatable bonds is 0. The topological polar surface area (TPSA) is 12.4 Å². The lowest BCUT2D eigenvalue weighted by atomic mass is 9.85. The van der Waals surface area contributed by atoms with Crippen LogP contribution in [-0.2, 0) is 6.42 Å². The Labute approximate surface area is 104 Å². The van der Waals surface area contributed by atoms with Crippen LogP contribution in [0.15, 0.2) is 17.1 Å². The van der Waals surface area contributed by atoms with Crippen molar-refractivity contribution >= 4 is 5.71 Å². The molecule has 1 aromatic rings. The molecule has 0 spiro atoms. The fourth-order valence-corrected chi connectivity index (χ4v) is 2.38. The van der Waals surface area contributed by atoms with Gasteiger partial charge in [0.2, 0.25) is 0 Å². The second-order valence-corrected chi connectivity index (χ2v) is 5.28. The van der Waals surface area contributed by atoms with Gasteiger partial charge in [-0.1, -0.05) is 6.07 Å². The minimum absolute atomic E-state index is 0. The van der Waals surface area contributed by atoms with Crippen molar-refractivity contribution in [3.63, 3.8) is 0 Å². The van der Waals surface area contributed by atoms with Gasteiger partial charge in [-0.15, -0.1) is 0 Å². The molecule has 0 amide bonds. The van der Waals surface area contributed by atoms with Gasteiger partial charge in [-0.05, 0) is 69.4 Å². The summed E-state index contributed by atoms with van der Waals surface area (Å²) in [6, 6.07) is 4.60. The smallest absolute Gasteiger partial charge is 0.0595 e. The van der Waals surface area contributed by atoms with Crippen LogP contribution >= 0.6 is 0 Å². The third-order valence-corrected chi connectivity index (χ3v) is 3.20. The first-order valence-corrected chi connectivity index (χ1v) is 5.56. The van der Waals surface area contributed by atoms with Crippen LogP contribution in [0.25, 0.3) is 0 Å². The minimum Gasteiger partial charge on any atom is -1.00 e. The summed E-state index contributed by atoms with van der Waals surface area (Å²) in [6.45, 7) is 10.9. The van der Waals surface area contributed by atoms with Gasteiger partial charge in [0.15, 0.2) is 0 Å². The van der Waals surface area contributed by atoms with Crippen LogP contribution < -0.4 is 12.4 Å². The Hall–Kier alpha value is -0.820. The van der Waals surface area contributed by atoms with Gasteiger partial charge in [-0.3, -0.25) is 4.99 Å². The van der Waals surface area contributed by atoms with Gasteiger partial charge in [-0.25, -0.2) is 0 Å². The molecule has 0 saturated carbocycles. The number of hydrogen-bond acceptors (Lipinski definition) is 1. The van der Waals surface area contributed by atoms with Crippen molar-refractivity contribution in [1.29, 1.82) is 0 Å². The molecule has 1 aliphatic heterocycles. The van der Waals surface area contributed by atoms with Gasteiger partial charge in [0.05, 0.1) is 5.54 Å². The highest BCUT2D eigenvalue weighted by atomic mass is 35.5. The fourth-order valence-electron chi connectivity index (χ4n) is 2.38. The Morgan fingerprint density at radius 2 is 1.62 bits per heavy atom. The molecule has 0 bridgehead atoms. The molecule has 0 N–H and O–H groups in total. The van der Waals surface area contributed by atoms with E-state index >= 15 is 0 Å². The van der Waals surface area contributed by atoms with Crippen LogP contribution in [-0.4, -0.2) is 11.3 Å². The molecule has 2 rings (SSSR count). The Morgan fingerprint density at radius 3 is 2.25 bits per heavy atom. The zero-order chi connectivity index (χ0) is 11.2. The molecule has 0 saturated heterocycles. The van der Waals surface area contributed by atoms with E-state index in [0.29, 0.717) is 0 Å². The molecule has 0 aliphatic carbocycles. The second-order valence-electron chi connectivity index (χ2n) is 5.28. The molecule has 2 heteroatoms. The number of aliphatic imine (C=N–C) groups is 1. The molecule has 1 nitrogen and oxygen atoms in total. The molecule has 0 radical (unpaired) electrons. The third-order valence-electron chi connectivity index (χ3n) is 3.20. The number of hydrogen-bond donors (Lipinski definition) is 0. The Kier molecular flexibility index (Phi) is 3.49. The van der Waals surface area contributed by atoms with Crippen molar-refractivity contribution in [3.05, 3.63) is 34.4 Å². The van der Waals surface area contributed by atoms with E-state index in [1.807, 2.05) is 0 Å².